The number of amides is 1. The van der Waals surface area contributed by atoms with Crippen LogP contribution in [0.15, 0.2) is 77.2 Å². The number of carbonyl (C=O) groups excluding carboxylic acids is 1. The van der Waals surface area contributed by atoms with E-state index in [9.17, 15) is 23.3 Å². The van der Waals surface area contributed by atoms with Gasteiger partial charge in [-0.05, 0) is 149 Å². The maximum absolute atomic E-state index is 13.3. The summed E-state index contributed by atoms with van der Waals surface area (Å²) in [5.41, 5.74) is 5.51. The number of nitrogens with zero attached hydrogens (tertiary/aromatic N) is 3. The number of carbonyl (C=O) groups is 1. The third-order valence-electron chi connectivity index (χ3n) is 12.6. The van der Waals surface area contributed by atoms with Gasteiger partial charge in [-0.3, -0.25) is 14.9 Å². The van der Waals surface area contributed by atoms with Crippen molar-refractivity contribution in [1.82, 2.24) is 14.9 Å². The Kier molecular flexibility index (Phi) is 12.9. The molecule has 3 heterocycles. The zero-order valence-corrected chi connectivity index (χ0v) is 34.5. The maximum Gasteiger partial charge on any atom is 0.293 e. The number of ether oxygens (including phenoxy) is 1. The van der Waals surface area contributed by atoms with Crippen molar-refractivity contribution in [2.75, 3.05) is 62.7 Å². The van der Waals surface area contributed by atoms with Crippen molar-refractivity contribution in [3.05, 3.63) is 98.6 Å². The van der Waals surface area contributed by atoms with Gasteiger partial charge in [-0.1, -0.05) is 29.3 Å². The minimum atomic E-state index is -4.40. The van der Waals surface area contributed by atoms with Crippen LogP contribution in [0.2, 0.25) is 5.02 Å². The quantitative estimate of drug-likeness (QED) is 0.124. The molecule has 3 aromatic rings. The highest BCUT2D eigenvalue weighted by Crippen LogP contribution is 2.50. The molecule has 0 aromatic heterocycles. The first-order valence-electron chi connectivity index (χ1n) is 20.4. The van der Waals surface area contributed by atoms with Crippen LogP contribution >= 0.6 is 11.6 Å². The smallest absolute Gasteiger partial charge is 0.293 e. The predicted octanol–water partition coefficient (Wildman–Crippen LogP) is 7.50. The first kappa shape index (κ1) is 41.2. The summed E-state index contributed by atoms with van der Waals surface area (Å²) in [5, 5.41) is 19.4. The fourth-order valence-electron chi connectivity index (χ4n) is 9.15. The number of hydrogen-bond acceptors (Lipinski definition) is 10. The van der Waals surface area contributed by atoms with Gasteiger partial charge >= 0.3 is 0 Å². The lowest BCUT2D eigenvalue weighted by atomic mass is 9.64. The number of benzene rings is 3. The van der Waals surface area contributed by atoms with Gasteiger partial charge in [0.2, 0.25) is 0 Å². The molecule has 3 saturated heterocycles. The Labute approximate surface area is 341 Å². The van der Waals surface area contributed by atoms with Gasteiger partial charge < -0.3 is 25.2 Å². The number of piperazine rings is 1. The highest BCUT2D eigenvalue weighted by molar-refractivity contribution is 7.90. The first-order valence-corrected chi connectivity index (χ1v) is 22.2. The predicted molar refractivity (Wildman–Crippen MR) is 225 cm³/mol. The molecule has 3 aliphatic heterocycles. The van der Waals surface area contributed by atoms with E-state index in [1.54, 1.807) is 12.1 Å². The maximum atomic E-state index is 13.3. The summed E-state index contributed by atoms with van der Waals surface area (Å²) in [4.78, 5) is 29.3. The van der Waals surface area contributed by atoms with Gasteiger partial charge in [0.15, 0.2) is 0 Å². The number of nitro benzene ring substituents is 1. The Hall–Kier alpha value is -4.01. The van der Waals surface area contributed by atoms with Crippen LogP contribution in [0.3, 0.4) is 0 Å². The first-order chi connectivity index (χ1) is 27.4. The zero-order valence-electron chi connectivity index (χ0n) is 33.0. The van der Waals surface area contributed by atoms with Gasteiger partial charge in [0, 0.05) is 73.8 Å². The number of likely N-dealkylation sites (tertiary alicyclic amines) is 1. The minimum absolute atomic E-state index is 0.174. The van der Waals surface area contributed by atoms with E-state index in [-0.39, 0.29) is 27.9 Å². The molecule has 4 aliphatic rings. The van der Waals surface area contributed by atoms with E-state index in [4.69, 9.17) is 16.3 Å². The molecule has 0 radical (unpaired) electrons. The van der Waals surface area contributed by atoms with Crippen LogP contribution in [0.5, 0.6) is 0 Å². The molecule has 1 unspecified atom stereocenters. The lowest BCUT2D eigenvalue weighted by molar-refractivity contribution is -0.384. The van der Waals surface area contributed by atoms with Gasteiger partial charge in [0.25, 0.3) is 21.6 Å². The summed E-state index contributed by atoms with van der Waals surface area (Å²) in [7, 11) is -4.40. The zero-order chi connectivity index (χ0) is 40.2. The van der Waals surface area contributed by atoms with Crippen molar-refractivity contribution >= 4 is 50.2 Å². The highest BCUT2D eigenvalue weighted by Gasteiger charge is 2.40. The van der Waals surface area contributed by atoms with Crippen molar-refractivity contribution in [3.8, 4) is 0 Å². The van der Waals surface area contributed by atoms with Crippen molar-refractivity contribution in [2.45, 2.75) is 82.2 Å². The molecular weight excluding hydrogens is 764 g/mol. The number of rotatable bonds is 12. The molecule has 0 saturated carbocycles. The summed E-state index contributed by atoms with van der Waals surface area (Å²) in [5.74, 6) is -0.505. The number of hydrogen-bond donors (Lipinski definition) is 3. The molecule has 1 aliphatic carbocycles. The average Bonchev–Trinajstić information content (AvgIpc) is 3.21. The Morgan fingerprint density at radius 1 is 1.02 bits per heavy atom. The minimum Gasteiger partial charge on any atom is -0.381 e. The monoisotopic (exact) mass is 818 g/mol. The van der Waals surface area contributed by atoms with Crippen molar-refractivity contribution in [1.29, 1.82) is 0 Å². The third kappa shape index (κ3) is 9.83. The summed E-state index contributed by atoms with van der Waals surface area (Å²) in [6, 6.07) is 19.7. The fraction of sp³-hybridized carbons (Fsp3) is 0.512. The lowest BCUT2D eigenvalue weighted by Crippen LogP contribution is -2.52. The van der Waals surface area contributed by atoms with Crippen LogP contribution in [-0.4, -0.2) is 88.7 Å². The number of sulfonamides is 1. The van der Waals surface area contributed by atoms with Gasteiger partial charge in [0.1, 0.15) is 5.69 Å². The second-order valence-corrected chi connectivity index (χ2v) is 18.6. The van der Waals surface area contributed by atoms with Gasteiger partial charge in [-0.25, -0.2) is 13.1 Å². The molecule has 3 fully saturated rings. The Bertz CT molecular complexity index is 2040. The van der Waals surface area contributed by atoms with Crippen molar-refractivity contribution < 1.29 is 22.9 Å². The number of allylic oxidation sites excluding steroid dienone is 1. The van der Waals surface area contributed by atoms with Crippen LogP contribution in [0.4, 0.5) is 17.1 Å². The number of nitrogens with one attached hydrogen (secondary N) is 3. The molecule has 12 nitrogen and oxygen atoms in total. The molecule has 3 aromatic carbocycles. The molecular formula is C43H55ClN6O6S. The second-order valence-electron chi connectivity index (χ2n) is 16.5. The number of nitro groups is 1. The molecule has 1 spiro atoms. The SMILES string of the molecule is CC(C)N1CCC2(CCC(c3ccc(Cl)cc3)=C(CC3CNCCN3c3ccc(C(=O)NS(=O)(=O)c4ccc(NCC5CCOCC5)c([N+](=O)[O-])c4)cc3)C2)CC1. The standard InChI is InChI=1S/C43H55ClN6O6S/c1-30(2)48-20-17-43(18-21-48)16-13-39(32-3-7-35(44)8-4-32)34(27-43)25-37-29-45-19-22-49(37)36-9-5-33(6-10-36)42(51)47-57(54,55)38-11-12-40(41(26-38)50(52)53)46-28-31-14-23-56-24-15-31/h3-12,26,30-31,37,45-46H,13-25,27-29H2,1-2H3,(H,47,51). The van der Waals surface area contributed by atoms with Crippen LogP contribution in [0.1, 0.15) is 81.1 Å². The second kappa shape index (κ2) is 17.9. The fourth-order valence-corrected chi connectivity index (χ4v) is 10.3. The molecule has 57 heavy (non-hydrogen) atoms. The van der Waals surface area contributed by atoms with Crippen molar-refractivity contribution in [2.24, 2.45) is 11.3 Å². The van der Waals surface area contributed by atoms with Crippen molar-refractivity contribution in [3.63, 3.8) is 0 Å². The topological polar surface area (TPSA) is 146 Å². The van der Waals surface area contributed by atoms with E-state index in [2.05, 4.69) is 51.1 Å². The molecule has 1 atom stereocenters. The number of anilines is 2. The Morgan fingerprint density at radius 2 is 1.74 bits per heavy atom. The van der Waals surface area contributed by atoms with E-state index in [0.29, 0.717) is 37.1 Å². The van der Waals surface area contributed by atoms with Crippen LogP contribution < -0.4 is 20.3 Å². The van der Waals surface area contributed by atoms with E-state index in [1.165, 1.54) is 48.1 Å². The number of halogens is 1. The van der Waals surface area contributed by atoms with Gasteiger partial charge in [-0.2, -0.15) is 0 Å². The summed E-state index contributed by atoms with van der Waals surface area (Å²) < 4.78 is 34.2. The lowest BCUT2D eigenvalue weighted by Gasteiger charge is -2.47. The molecule has 14 heteroatoms. The van der Waals surface area contributed by atoms with Crippen LogP contribution in [0.25, 0.3) is 5.57 Å². The molecule has 7 rings (SSSR count). The molecule has 3 N–H and O–H groups in total. The third-order valence-corrected chi connectivity index (χ3v) is 14.2. The molecule has 306 valence electrons. The van der Waals surface area contributed by atoms with E-state index < -0.39 is 20.9 Å². The summed E-state index contributed by atoms with van der Waals surface area (Å²) in [6.45, 7) is 11.1. The largest absolute Gasteiger partial charge is 0.381 e. The molecule has 1 amide bonds. The Morgan fingerprint density at radius 3 is 2.42 bits per heavy atom. The van der Waals surface area contributed by atoms with E-state index in [1.807, 2.05) is 24.3 Å². The average molecular weight is 819 g/mol. The Balaban J connectivity index is 1.05. The number of piperidine rings is 1. The summed E-state index contributed by atoms with van der Waals surface area (Å²) >= 11 is 6.31. The van der Waals surface area contributed by atoms with E-state index >= 15 is 0 Å². The van der Waals surface area contributed by atoms with E-state index in [0.717, 1.165) is 81.6 Å². The van der Waals surface area contributed by atoms with Crippen LogP contribution in [0, 0.1) is 21.4 Å². The van der Waals surface area contributed by atoms with Gasteiger partial charge in [0.05, 0.1) is 9.82 Å². The summed E-state index contributed by atoms with van der Waals surface area (Å²) in [6.07, 6.45) is 8.37. The normalized spacial score (nSPS) is 20.8. The highest BCUT2D eigenvalue weighted by atomic mass is 35.5. The molecule has 0 bridgehead atoms. The van der Waals surface area contributed by atoms with Gasteiger partial charge in [-0.15, -0.1) is 0 Å². The van der Waals surface area contributed by atoms with Crippen LogP contribution in [-0.2, 0) is 14.8 Å².